The fourth-order valence-corrected chi connectivity index (χ4v) is 5.23. The van der Waals surface area contributed by atoms with E-state index in [1.165, 1.54) is 16.3 Å². The smallest absolute Gasteiger partial charge is 0.326 e. The van der Waals surface area contributed by atoms with Crippen LogP contribution in [0.2, 0.25) is 0 Å². The van der Waals surface area contributed by atoms with Crippen molar-refractivity contribution in [1.29, 1.82) is 0 Å². The van der Waals surface area contributed by atoms with Crippen LogP contribution in [0.1, 0.15) is 21.5 Å². The topological polar surface area (TPSA) is 87.7 Å². The van der Waals surface area contributed by atoms with Crippen LogP contribution in [0.15, 0.2) is 146 Å². The van der Waals surface area contributed by atoms with Crippen LogP contribution in [0.4, 0.5) is 5.69 Å². The number of nitrogens with one attached hydrogen (secondary N) is 2. The highest BCUT2D eigenvalue weighted by atomic mass is 16.5. The fourth-order valence-electron chi connectivity index (χ4n) is 5.23. The van der Waals surface area contributed by atoms with Gasteiger partial charge in [0.1, 0.15) is 17.5 Å². The van der Waals surface area contributed by atoms with Crippen molar-refractivity contribution in [1.82, 2.24) is 5.32 Å². The number of carbonyl (C=O) groups is 2. The van der Waals surface area contributed by atoms with Gasteiger partial charge < -0.3 is 20.5 Å². The Labute approximate surface area is 261 Å². The lowest BCUT2D eigenvalue weighted by Crippen LogP contribution is -2.42. The van der Waals surface area contributed by atoms with Gasteiger partial charge in [0.2, 0.25) is 0 Å². The number of para-hydroxylation sites is 1. The van der Waals surface area contributed by atoms with Crippen LogP contribution < -0.4 is 15.4 Å². The maximum absolute atomic E-state index is 13.0. The Morgan fingerprint density at radius 3 is 1.98 bits per heavy atom. The summed E-state index contributed by atoms with van der Waals surface area (Å²) in [6, 6.07) is 45.6. The Morgan fingerprint density at radius 1 is 0.644 bits per heavy atom. The van der Waals surface area contributed by atoms with Gasteiger partial charge in [-0.05, 0) is 81.6 Å². The number of amides is 1. The number of ether oxygens (including phenoxy) is 1. The molecule has 1 atom stereocenters. The molecule has 6 heteroatoms. The molecule has 0 heterocycles. The lowest BCUT2D eigenvalue weighted by atomic mass is 10.0. The third-order valence-corrected chi connectivity index (χ3v) is 7.67. The maximum atomic E-state index is 13.0. The van der Waals surface area contributed by atoms with Gasteiger partial charge in [0, 0.05) is 24.2 Å². The second-order valence-electron chi connectivity index (χ2n) is 10.8. The monoisotopic (exact) mass is 592 g/mol. The minimum Gasteiger partial charge on any atom is -0.480 e. The van der Waals surface area contributed by atoms with Crippen LogP contribution in [-0.4, -0.2) is 23.0 Å². The number of carbonyl (C=O) groups excluding carboxylic acids is 1. The molecule has 0 saturated carbocycles. The summed E-state index contributed by atoms with van der Waals surface area (Å²) in [6.45, 7) is 0.640. The molecule has 0 fully saturated rings. The van der Waals surface area contributed by atoms with E-state index >= 15 is 0 Å². The van der Waals surface area contributed by atoms with Crippen LogP contribution in [0.5, 0.6) is 11.5 Å². The van der Waals surface area contributed by atoms with Gasteiger partial charge in [-0.25, -0.2) is 4.79 Å². The number of aliphatic carboxylic acids is 1. The molecule has 45 heavy (non-hydrogen) atoms. The second kappa shape index (κ2) is 13.6. The van der Waals surface area contributed by atoms with Crippen LogP contribution >= 0.6 is 0 Å². The Morgan fingerprint density at radius 2 is 1.27 bits per heavy atom. The van der Waals surface area contributed by atoms with E-state index in [2.05, 4.69) is 34.9 Å². The van der Waals surface area contributed by atoms with E-state index in [-0.39, 0.29) is 6.42 Å². The maximum Gasteiger partial charge on any atom is 0.326 e. The van der Waals surface area contributed by atoms with Crippen molar-refractivity contribution in [3.05, 3.63) is 162 Å². The zero-order chi connectivity index (χ0) is 31.0. The van der Waals surface area contributed by atoms with Crippen LogP contribution in [-0.2, 0) is 17.8 Å². The molecular formula is C39H32N2O4. The van der Waals surface area contributed by atoms with Crippen molar-refractivity contribution < 1.29 is 19.4 Å². The molecule has 0 saturated heterocycles. The largest absolute Gasteiger partial charge is 0.480 e. The lowest BCUT2D eigenvalue weighted by molar-refractivity contribution is -0.139. The predicted molar refractivity (Wildman–Crippen MR) is 179 cm³/mol. The number of carboxylic acids is 1. The molecule has 0 aliphatic heterocycles. The first kappa shape index (κ1) is 29.2. The highest BCUT2D eigenvalue weighted by Gasteiger charge is 2.21. The molecule has 0 bridgehead atoms. The van der Waals surface area contributed by atoms with Gasteiger partial charge in [0.05, 0.1) is 0 Å². The van der Waals surface area contributed by atoms with Crippen molar-refractivity contribution >= 4 is 28.3 Å². The molecule has 1 amide bonds. The average molecular weight is 593 g/mol. The first-order chi connectivity index (χ1) is 22.0. The van der Waals surface area contributed by atoms with Gasteiger partial charge in [-0.15, -0.1) is 0 Å². The van der Waals surface area contributed by atoms with Gasteiger partial charge in [-0.2, -0.15) is 0 Å². The zero-order valence-corrected chi connectivity index (χ0v) is 24.5. The van der Waals surface area contributed by atoms with E-state index < -0.39 is 17.9 Å². The van der Waals surface area contributed by atoms with Crippen molar-refractivity contribution in [2.45, 2.75) is 19.0 Å². The van der Waals surface area contributed by atoms with Gasteiger partial charge in [-0.1, -0.05) is 97.1 Å². The molecule has 0 aromatic heterocycles. The molecule has 6 aromatic carbocycles. The average Bonchev–Trinajstić information content (AvgIpc) is 3.08. The Bertz CT molecular complexity index is 1900. The summed E-state index contributed by atoms with van der Waals surface area (Å²) in [6.07, 6.45) is 0.163. The van der Waals surface area contributed by atoms with Crippen molar-refractivity contribution in [2.24, 2.45) is 0 Å². The van der Waals surface area contributed by atoms with E-state index in [1.54, 1.807) is 12.1 Å². The molecule has 3 N–H and O–H groups in total. The highest BCUT2D eigenvalue weighted by Crippen LogP contribution is 2.26. The minimum absolute atomic E-state index is 0.163. The molecule has 0 aliphatic carbocycles. The van der Waals surface area contributed by atoms with Crippen LogP contribution in [0.25, 0.3) is 21.9 Å². The van der Waals surface area contributed by atoms with Crippen LogP contribution in [0, 0.1) is 0 Å². The van der Waals surface area contributed by atoms with E-state index in [4.69, 9.17) is 4.74 Å². The van der Waals surface area contributed by atoms with Crippen molar-refractivity contribution in [3.8, 4) is 22.6 Å². The molecule has 0 aliphatic rings. The number of carboxylic acid groups (broad SMARTS) is 1. The third-order valence-electron chi connectivity index (χ3n) is 7.67. The summed E-state index contributed by atoms with van der Waals surface area (Å²) in [5, 5.41) is 18.3. The molecular weight excluding hydrogens is 560 g/mol. The van der Waals surface area contributed by atoms with Crippen molar-refractivity contribution in [2.75, 3.05) is 5.32 Å². The first-order valence-corrected chi connectivity index (χ1v) is 14.8. The fraction of sp³-hybridized carbons (Fsp3) is 0.0769. The zero-order valence-electron chi connectivity index (χ0n) is 24.5. The normalized spacial score (nSPS) is 11.5. The molecule has 6 nitrogen and oxygen atoms in total. The van der Waals surface area contributed by atoms with E-state index in [0.29, 0.717) is 12.1 Å². The van der Waals surface area contributed by atoms with Gasteiger partial charge >= 0.3 is 5.97 Å². The van der Waals surface area contributed by atoms with E-state index in [1.807, 2.05) is 109 Å². The number of hydrogen-bond acceptors (Lipinski definition) is 4. The van der Waals surface area contributed by atoms with E-state index in [0.717, 1.165) is 33.9 Å². The van der Waals surface area contributed by atoms with E-state index in [9.17, 15) is 14.7 Å². The standard InChI is InChI=1S/C39H32N2O4/c42-38(31-17-21-33(22-18-31)40-26-32-9-6-8-30-7-4-5-12-36(30)32)41-37(39(43)44)25-27-13-15-28(16-14-27)29-19-23-35(24-20-29)45-34-10-2-1-3-11-34/h1-24,37,40H,25-26H2,(H,41,42)(H,43,44)/t37-/m0/s1. The Balaban J connectivity index is 1.04. The van der Waals surface area contributed by atoms with Gasteiger partial charge in [0.25, 0.3) is 5.91 Å². The molecule has 0 radical (unpaired) electrons. The quantitative estimate of drug-likeness (QED) is 0.141. The Kier molecular flexibility index (Phi) is 8.83. The second-order valence-corrected chi connectivity index (χ2v) is 10.8. The minimum atomic E-state index is -1.09. The summed E-state index contributed by atoms with van der Waals surface area (Å²) in [5.74, 6) is -0.00266. The SMILES string of the molecule is O=C(N[C@@H](Cc1ccc(-c2ccc(Oc3ccccc3)cc2)cc1)C(=O)O)c1ccc(NCc2cccc3ccccc23)cc1. The van der Waals surface area contributed by atoms with Crippen LogP contribution in [0.3, 0.4) is 0 Å². The summed E-state index contributed by atoms with van der Waals surface area (Å²) in [7, 11) is 0. The summed E-state index contributed by atoms with van der Waals surface area (Å²) in [5.41, 5.74) is 5.26. The number of hydrogen-bond donors (Lipinski definition) is 3. The third kappa shape index (κ3) is 7.37. The van der Waals surface area contributed by atoms with Gasteiger partial charge in [0.15, 0.2) is 0 Å². The molecule has 6 aromatic rings. The van der Waals surface area contributed by atoms with Gasteiger partial charge in [-0.3, -0.25) is 4.79 Å². The molecule has 0 spiro atoms. The van der Waals surface area contributed by atoms with Crippen molar-refractivity contribution in [3.63, 3.8) is 0 Å². The highest BCUT2D eigenvalue weighted by molar-refractivity contribution is 5.97. The molecule has 6 rings (SSSR count). The molecule has 0 unspecified atom stereocenters. The first-order valence-electron chi connectivity index (χ1n) is 14.8. The number of anilines is 1. The number of rotatable bonds is 11. The predicted octanol–water partition coefficient (Wildman–Crippen LogP) is 8.34. The summed E-state index contributed by atoms with van der Waals surface area (Å²) >= 11 is 0. The summed E-state index contributed by atoms with van der Waals surface area (Å²) < 4.78 is 5.87. The number of fused-ring (bicyclic) bond motifs is 1. The lowest BCUT2D eigenvalue weighted by Gasteiger charge is -2.15. The number of benzene rings is 6. The molecule has 222 valence electrons. The summed E-state index contributed by atoms with van der Waals surface area (Å²) in [4.78, 5) is 25.0. The Hall–Kier alpha value is -5.88.